The lowest BCUT2D eigenvalue weighted by Crippen LogP contribution is -2.49. The van der Waals surface area contributed by atoms with E-state index in [4.69, 9.17) is 0 Å². The molecule has 116 valence electrons. The number of likely N-dealkylation sites (tertiary alicyclic amines) is 2. The summed E-state index contributed by atoms with van der Waals surface area (Å²) in [4.78, 5) is 27.9. The fourth-order valence-corrected chi connectivity index (χ4v) is 3.27. The molecule has 0 aromatic carbocycles. The van der Waals surface area contributed by atoms with Gasteiger partial charge in [-0.15, -0.1) is 12.4 Å². The van der Waals surface area contributed by atoms with Gasteiger partial charge in [-0.05, 0) is 32.7 Å². The average Bonchev–Trinajstić information content (AvgIpc) is 2.86. The smallest absolute Gasteiger partial charge is 0.227 e. The second-order valence-corrected chi connectivity index (χ2v) is 5.69. The molecule has 0 aromatic rings. The number of nitrogens with one attached hydrogen (secondary N) is 1. The van der Waals surface area contributed by atoms with E-state index in [1.807, 2.05) is 16.8 Å². The van der Waals surface area contributed by atoms with Crippen LogP contribution in [0.25, 0.3) is 0 Å². The highest BCUT2D eigenvalue weighted by atomic mass is 35.5. The Labute approximate surface area is 127 Å². The molecule has 2 rings (SSSR count). The molecule has 0 bridgehead atoms. The van der Waals surface area contributed by atoms with Gasteiger partial charge in [0.1, 0.15) is 0 Å². The van der Waals surface area contributed by atoms with Crippen molar-refractivity contribution in [2.24, 2.45) is 5.92 Å². The summed E-state index contributed by atoms with van der Waals surface area (Å²) in [6.45, 7) is 4.75. The summed E-state index contributed by atoms with van der Waals surface area (Å²) >= 11 is 0. The van der Waals surface area contributed by atoms with E-state index in [1.54, 1.807) is 6.92 Å². The normalized spacial score (nSPS) is 26.3. The molecule has 2 amide bonds. The summed E-state index contributed by atoms with van der Waals surface area (Å²) in [5.41, 5.74) is 0. The highest BCUT2D eigenvalue weighted by molar-refractivity contribution is 5.85. The number of rotatable bonds is 3. The van der Waals surface area contributed by atoms with Gasteiger partial charge in [-0.3, -0.25) is 9.59 Å². The lowest BCUT2D eigenvalue weighted by molar-refractivity contribution is -0.140. The van der Waals surface area contributed by atoms with E-state index in [0.717, 1.165) is 45.3 Å². The maximum Gasteiger partial charge on any atom is 0.227 e. The zero-order valence-corrected chi connectivity index (χ0v) is 13.2. The van der Waals surface area contributed by atoms with Gasteiger partial charge in [0, 0.05) is 39.1 Å². The van der Waals surface area contributed by atoms with Gasteiger partial charge in [0.2, 0.25) is 11.8 Å². The van der Waals surface area contributed by atoms with Crippen molar-refractivity contribution in [1.82, 2.24) is 15.1 Å². The minimum atomic E-state index is 0. The summed E-state index contributed by atoms with van der Waals surface area (Å²) in [6.07, 6.45) is 4.06. The number of hydrogen-bond donors (Lipinski definition) is 1. The highest BCUT2D eigenvalue weighted by Gasteiger charge is 2.35. The van der Waals surface area contributed by atoms with Gasteiger partial charge < -0.3 is 15.1 Å². The Bertz CT molecular complexity index is 351. The van der Waals surface area contributed by atoms with Crippen LogP contribution in [0.4, 0.5) is 0 Å². The van der Waals surface area contributed by atoms with Gasteiger partial charge in [0.25, 0.3) is 0 Å². The van der Waals surface area contributed by atoms with E-state index in [0.29, 0.717) is 12.6 Å². The average molecular weight is 304 g/mol. The first-order valence-corrected chi connectivity index (χ1v) is 7.34. The molecule has 20 heavy (non-hydrogen) atoms. The third-order valence-corrected chi connectivity index (χ3v) is 4.32. The van der Waals surface area contributed by atoms with Crippen molar-refractivity contribution >= 4 is 24.2 Å². The highest BCUT2D eigenvalue weighted by Crippen LogP contribution is 2.24. The molecule has 6 heteroatoms. The van der Waals surface area contributed by atoms with Crippen LogP contribution < -0.4 is 5.32 Å². The number of likely N-dealkylation sites (N-methyl/N-ethyl adjacent to an activating group) is 1. The van der Waals surface area contributed by atoms with E-state index in [-0.39, 0.29) is 30.1 Å². The summed E-state index contributed by atoms with van der Waals surface area (Å²) in [5, 5.41) is 3.17. The van der Waals surface area contributed by atoms with Crippen LogP contribution in [-0.2, 0) is 9.59 Å². The standard InChI is InChI=1S/C14H25N3O2.ClH/c1-11(18)16-7-3-5-12(10-16)14(19)17-8-4-6-13(17)9-15-2;/h12-13,15H,3-10H2,1-2H3;1H. The van der Waals surface area contributed by atoms with Gasteiger partial charge in [0.15, 0.2) is 0 Å². The van der Waals surface area contributed by atoms with Crippen LogP contribution in [0, 0.1) is 5.92 Å². The molecule has 2 atom stereocenters. The van der Waals surface area contributed by atoms with Gasteiger partial charge in [-0.1, -0.05) is 0 Å². The fraction of sp³-hybridized carbons (Fsp3) is 0.857. The van der Waals surface area contributed by atoms with E-state index >= 15 is 0 Å². The third-order valence-electron chi connectivity index (χ3n) is 4.32. The van der Waals surface area contributed by atoms with Crippen molar-refractivity contribution < 1.29 is 9.59 Å². The van der Waals surface area contributed by atoms with Crippen molar-refractivity contribution in [1.29, 1.82) is 0 Å². The molecular formula is C14H26ClN3O2. The first kappa shape index (κ1) is 17.2. The molecule has 2 saturated heterocycles. The van der Waals surface area contributed by atoms with Crippen molar-refractivity contribution in [3.63, 3.8) is 0 Å². The molecule has 0 saturated carbocycles. The molecule has 0 aliphatic carbocycles. The first-order chi connectivity index (χ1) is 9.13. The Balaban J connectivity index is 0.00000200. The van der Waals surface area contributed by atoms with E-state index in [2.05, 4.69) is 5.32 Å². The summed E-state index contributed by atoms with van der Waals surface area (Å²) in [5.74, 6) is 0.351. The molecule has 1 N–H and O–H groups in total. The number of hydrogen-bond acceptors (Lipinski definition) is 3. The Morgan fingerprint density at radius 3 is 2.55 bits per heavy atom. The third kappa shape index (κ3) is 3.85. The molecule has 0 aromatic heterocycles. The molecule has 2 aliphatic rings. The Morgan fingerprint density at radius 1 is 1.20 bits per heavy atom. The fourth-order valence-electron chi connectivity index (χ4n) is 3.27. The lowest BCUT2D eigenvalue weighted by atomic mass is 9.96. The van der Waals surface area contributed by atoms with Crippen molar-refractivity contribution in [3.05, 3.63) is 0 Å². The van der Waals surface area contributed by atoms with Crippen LogP contribution in [0.1, 0.15) is 32.6 Å². The van der Waals surface area contributed by atoms with Crippen LogP contribution in [0.2, 0.25) is 0 Å². The Morgan fingerprint density at radius 2 is 1.90 bits per heavy atom. The van der Waals surface area contributed by atoms with Gasteiger partial charge >= 0.3 is 0 Å². The number of carbonyl (C=O) groups excluding carboxylic acids is 2. The van der Waals surface area contributed by atoms with Gasteiger partial charge in [0.05, 0.1) is 5.92 Å². The Kier molecular flexibility index (Phi) is 6.76. The molecule has 0 spiro atoms. The van der Waals surface area contributed by atoms with Crippen molar-refractivity contribution in [3.8, 4) is 0 Å². The molecule has 2 heterocycles. The van der Waals surface area contributed by atoms with Crippen molar-refractivity contribution in [2.45, 2.75) is 38.6 Å². The molecule has 5 nitrogen and oxygen atoms in total. The van der Waals surface area contributed by atoms with Crippen LogP contribution in [0.5, 0.6) is 0 Å². The molecule has 2 fully saturated rings. The summed E-state index contributed by atoms with van der Waals surface area (Å²) < 4.78 is 0. The number of halogens is 1. The Hall–Kier alpha value is -0.810. The van der Waals surface area contributed by atoms with Crippen molar-refractivity contribution in [2.75, 3.05) is 33.2 Å². The monoisotopic (exact) mass is 303 g/mol. The maximum absolute atomic E-state index is 12.6. The van der Waals surface area contributed by atoms with E-state index < -0.39 is 0 Å². The largest absolute Gasteiger partial charge is 0.342 e. The quantitative estimate of drug-likeness (QED) is 0.842. The zero-order valence-electron chi connectivity index (χ0n) is 12.4. The predicted octanol–water partition coefficient (Wildman–Crippen LogP) is 0.877. The topological polar surface area (TPSA) is 52.7 Å². The van der Waals surface area contributed by atoms with Crippen LogP contribution in [-0.4, -0.2) is 60.9 Å². The summed E-state index contributed by atoms with van der Waals surface area (Å²) in [7, 11) is 1.93. The predicted molar refractivity (Wildman–Crippen MR) is 80.9 cm³/mol. The minimum Gasteiger partial charge on any atom is -0.342 e. The van der Waals surface area contributed by atoms with E-state index in [9.17, 15) is 9.59 Å². The second-order valence-electron chi connectivity index (χ2n) is 5.69. The minimum absolute atomic E-state index is 0. The number of nitrogens with zero attached hydrogens (tertiary/aromatic N) is 2. The second kappa shape index (κ2) is 7.84. The number of amides is 2. The van der Waals surface area contributed by atoms with Crippen LogP contribution in [0.15, 0.2) is 0 Å². The summed E-state index contributed by atoms with van der Waals surface area (Å²) in [6, 6.07) is 0.338. The van der Waals surface area contributed by atoms with Crippen LogP contribution in [0.3, 0.4) is 0 Å². The molecule has 2 unspecified atom stereocenters. The van der Waals surface area contributed by atoms with Gasteiger partial charge in [-0.25, -0.2) is 0 Å². The zero-order chi connectivity index (χ0) is 13.8. The van der Waals surface area contributed by atoms with E-state index in [1.165, 1.54) is 0 Å². The molecule has 2 aliphatic heterocycles. The first-order valence-electron chi connectivity index (χ1n) is 7.34. The van der Waals surface area contributed by atoms with Gasteiger partial charge in [-0.2, -0.15) is 0 Å². The number of piperidine rings is 1. The number of carbonyl (C=O) groups is 2. The molecular weight excluding hydrogens is 278 g/mol. The van der Waals surface area contributed by atoms with Crippen LogP contribution >= 0.6 is 12.4 Å². The lowest BCUT2D eigenvalue weighted by Gasteiger charge is -2.35. The molecule has 0 radical (unpaired) electrons. The maximum atomic E-state index is 12.6. The SMILES string of the molecule is CNCC1CCCN1C(=O)C1CCCN(C(C)=O)C1.Cl.